The van der Waals surface area contributed by atoms with E-state index < -0.39 is 17.6 Å². The Balaban J connectivity index is 2.46. The highest BCUT2D eigenvalue weighted by Gasteiger charge is 2.31. The van der Waals surface area contributed by atoms with Crippen LogP contribution in [0.2, 0.25) is 0 Å². The maximum absolute atomic E-state index is 13.5. The van der Waals surface area contributed by atoms with E-state index in [1.54, 1.807) is 6.07 Å². The summed E-state index contributed by atoms with van der Waals surface area (Å²) < 4.78 is 51.9. The lowest BCUT2D eigenvalue weighted by molar-refractivity contribution is -0.137. The van der Waals surface area contributed by atoms with Crippen LogP contribution in [0.4, 0.5) is 28.9 Å². The van der Waals surface area contributed by atoms with E-state index in [1.807, 2.05) is 0 Å². The van der Waals surface area contributed by atoms with Crippen LogP contribution in [0.1, 0.15) is 11.1 Å². The molecule has 0 aliphatic carbocycles. The maximum Gasteiger partial charge on any atom is 0.416 e. The summed E-state index contributed by atoms with van der Waals surface area (Å²) in [5, 5.41) is 11.5. The fourth-order valence-corrected chi connectivity index (χ4v) is 2.03. The van der Waals surface area contributed by atoms with E-state index in [1.165, 1.54) is 18.2 Å². The van der Waals surface area contributed by atoms with Gasteiger partial charge in [-0.3, -0.25) is 0 Å². The number of rotatable bonds is 2. The Labute approximate surface area is 126 Å². The summed E-state index contributed by atoms with van der Waals surface area (Å²) in [6, 6.07) is 8.59. The second-order valence-corrected chi connectivity index (χ2v) is 4.95. The summed E-state index contributed by atoms with van der Waals surface area (Å²) in [7, 11) is 0. The topological polar surface area (TPSA) is 35.8 Å². The Morgan fingerprint density at radius 3 is 2.43 bits per heavy atom. The van der Waals surface area contributed by atoms with Crippen LogP contribution >= 0.6 is 15.9 Å². The second kappa shape index (κ2) is 5.74. The van der Waals surface area contributed by atoms with Gasteiger partial charge < -0.3 is 5.32 Å². The van der Waals surface area contributed by atoms with Crippen molar-refractivity contribution in [2.24, 2.45) is 0 Å². The average Bonchev–Trinajstić information content (AvgIpc) is 2.40. The van der Waals surface area contributed by atoms with Gasteiger partial charge in [0, 0.05) is 4.47 Å². The largest absolute Gasteiger partial charge is 0.416 e. The van der Waals surface area contributed by atoms with Crippen LogP contribution in [0.5, 0.6) is 0 Å². The van der Waals surface area contributed by atoms with Crippen LogP contribution in [-0.4, -0.2) is 0 Å². The first-order valence-electron chi connectivity index (χ1n) is 5.65. The SMILES string of the molecule is N#Cc1c(F)cccc1Nc1cc(C(F)(F)F)ccc1Br. The lowest BCUT2D eigenvalue weighted by Gasteiger charge is -2.13. The number of nitrogens with one attached hydrogen (secondary N) is 1. The summed E-state index contributed by atoms with van der Waals surface area (Å²) in [6.45, 7) is 0. The number of hydrogen-bond donors (Lipinski definition) is 1. The van der Waals surface area contributed by atoms with Gasteiger partial charge in [0.1, 0.15) is 17.4 Å². The normalized spacial score (nSPS) is 11.0. The molecule has 0 aliphatic rings. The molecule has 0 saturated carbocycles. The van der Waals surface area contributed by atoms with Crippen LogP contribution in [0, 0.1) is 17.1 Å². The van der Waals surface area contributed by atoms with Crippen LogP contribution in [-0.2, 0) is 6.18 Å². The third-order valence-corrected chi connectivity index (χ3v) is 3.38. The van der Waals surface area contributed by atoms with Crippen LogP contribution < -0.4 is 5.32 Å². The number of halogens is 5. The molecule has 0 fully saturated rings. The van der Waals surface area contributed by atoms with E-state index >= 15 is 0 Å². The second-order valence-electron chi connectivity index (χ2n) is 4.09. The number of anilines is 2. The Hall–Kier alpha value is -2.07. The van der Waals surface area contributed by atoms with Gasteiger partial charge in [0.15, 0.2) is 0 Å². The third-order valence-electron chi connectivity index (χ3n) is 2.69. The van der Waals surface area contributed by atoms with E-state index in [4.69, 9.17) is 5.26 Å². The molecule has 0 aromatic heterocycles. The standard InChI is InChI=1S/C14H7BrF4N2/c15-10-5-4-8(14(17,18)19)6-13(10)21-12-3-1-2-11(16)9(12)7-20/h1-6,21H. The predicted octanol–water partition coefficient (Wildman–Crippen LogP) is 5.22. The van der Waals surface area contributed by atoms with Gasteiger partial charge in [-0.2, -0.15) is 18.4 Å². The van der Waals surface area contributed by atoms with Crippen molar-refractivity contribution in [2.45, 2.75) is 6.18 Å². The van der Waals surface area contributed by atoms with Gasteiger partial charge in [-0.15, -0.1) is 0 Å². The summed E-state index contributed by atoms with van der Waals surface area (Å²) in [5.74, 6) is -0.745. The number of nitriles is 1. The summed E-state index contributed by atoms with van der Waals surface area (Å²) in [4.78, 5) is 0. The Kier molecular flexibility index (Phi) is 4.19. The fraction of sp³-hybridized carbons (Fsp3) is 0.0714. The monoisotopic (exact) mass is 358 g/mol. The molecule has 108 valence electrons. The molecule has 2 rings (SSSR count). The zero-order chi connectivity index (χ0) is 15.6. The molecule has 0 unspecified atom stereocenters. The highest BCUT2D eigenvalue weighted by atomic mass is 79.9. The van der Waals surface area contributed by atoms with Crippen molar-refractivity contribution in [3.63, 3.8) is 0 Å². The molecule has 0 heterocycles. The zero-order valence-electron chi connectivity index (χ0n) is 10.3. The van der Waals surface area contributed by atoms with Crippen molar-refractivity contribution in [1.29, 1.82) is 5.26 Å². The maximum atomic E-state index is 13.5. The van der Waals surface area contributed by atoms with Gasteiger partial charge in [-0.05, 0) is 46.3 Å². The fourth-order valence-electron chi connectivity index (χ4n) is 1.68. The highest BCUT2D eigenvalue weighted by molar-refractivity contribution is 9.10. The van der Waals surface area contributed by atoms with Crippen molar-refractivity contribution in [3.05, 3.63) is 57.8 Å². The predicted molar refractivity (Wildman–Crippen MR) is 73.5 cm³/mol. The zero-order valence-corrected chi connectivity index (χ0v) is 11.9. The minimum Gasteiger partial charge on any atom is -0.353 e. The van der Waals surface area contributed by atoms with Crippen LogP contribution in [0.3, 0.4) is 0 Å². The van der Waals surface area contributed by atoms with Crippen molar-refractivity contribution < 1.29 is 17.6 Å². The molecule has 0 amide bonds. The van der Waals surface area contributed by atoms with E-state index in [-0.39, 0.29) is 16.9 Å². The first kappa shape index (κ1) is 15.3. The Morgan fingerprint density at radius 2 is 1.81 bits per heavy atom. The van der Waals surface area contributed by atoms with Crippen LogP contribution in [0.25, 0.3) is 0 Å². The third kappa shape index (κ3) is 3.34. The molecule has 7 heteroatoms. The summed E-state index contributed by atoms with van der Waals surface area (Å²) in [6.07, 6.45) is -4.49. The first-order chi connectivity index (χ1) is 9.82. The van der Waals surface area contributed by atoms with Crippen LogP contribution in [0.15, 0.2) is 40.9 Å². The molecule has 0 saturated heterocycles. The van der Waals surface area contributed by atoms with Crippen molar-refractivity contribution in [3.8, 4) is 6.07 Å². The summed E-state index contributed by atoms with van der Waals surface area (Å²) >= 11 is 3.11. The number of nitrogens with zero attached hydrogens (tertiary/aromatic N) is 1. The average molecular weight is 359 g/mol. The molecule has 0 atom stereocenters. The number of hydrogen-bond acceptors (Lipinski definition) is 2. The van der Waals surface area contributed by atoms with Crippen molar-refractivity contribution >= 4 is 27.3 Å². The molecule has 1 N–H and O–H groups in total. The molecule has 2 nitrogen and oxygen atoms in total. The van der Waals surface area contributed by atoms with E-state index in [0.717, 1.165) is 18.2 Å². The van der Waals surface area contributed by atoms with Crippen molar-refractivity contribution in [2.75, 3.05) is 5.32 Å². The molecule has 0 spiro atoms. The van der Waals surface area contributed by atoms with E-state index in [0.29, 0.717) is 4.47 Å². The van der Waals surface area contributed by atoms with Gasteiger partial charge in [-0.1, -0.05) is 6.07 Å². The number of alkyl halides is 3. The molecule has 0 aliphatic heterocycles. The summed E-state index contributed by atoms with van der Waals surface area (Å²) in [5.41, 5.74) is -0.922. The molecule has 0 radical (unpaired) electrons. The minimum absolute atomic E-state index is 0.0897. The lowest BCUT2D eigenvalue weighted by Crippen LogP contribution is -2.06. The Morgan fingerprint density at radius 1 is 1.10 bits per heavy atom. The van der Waals surface area contributed by atoms with Gasteiger partial charge >= 0.3 is 6.18 Å². The van der Waals surface area contributed by atoms with E-state index in [2.05, 4.69) is 21.2 Å². The van der Waals surface area contributed by atoms with E-state index in [9.17, 15) is 17.6 Å². The molecule has 0 bridgehead atoms. The lowest BCUT2D eigenvalue weighted by atomic mass is 10.1. The molecule has 21 heavy (non-hydrogen) atoms. The molecule has 2 aromatic rings. The Bertz CT molecular complexity index is 720. The smallest absolute Gasteiger partial charge is 0.353 e. The highest BCUT2D eigenvalue weighted by Crippen LogP contribution is 2.35. The number of benzene rings is 2. The van der Waals surface area contributed by atoms with Gasteiger partial charge in [0.05, 0.1) is 16.9 Å². The molecular weight excluding hydrogens is 352 g/mol. The quantitative estimate of drug-likeness (QED) is 0.746. The van der Waals surface area contributed by atoms with Crippen molar-refractivity contribution in [1.82, 2.24) is 0 Å². The van der Waals surface area contributed by atoms with Gasteiger partial charge in [0.2, 0.25) is 0 Å². The first-order valence-corrected chi connectivity index (χ1v) is 6.44. The molecule has 2 aromatic carbocycles. The van der Waals surface area contributed by atoms with Gasteiger partial charge in [0.25, 0.3) is 0 Å². The molecular formula is C14H7BrF4N2. The minimum atomic E-state index is -4.49. The van der Waals surface area contributed by atoms with Gasteiger partial charge in [-0.25, -0.2) is 4.39 Å².